The second-order valence-corrected chi connectivity index (χ2v) is 5.16. The quantitative estimate of drug-likeness (QED) is 0.693. The molecule has 2 rings (SSSR count). The van der Waals surface area contributed by atoms with Gasteiger partial charge in [-0.25, -0.2) is 4.79 Å². The van der Waals surface area contributed by atoms with Crippen LogP contribution in [-0.4, -0.2) is 41.8 Å². The average molecular weight is 375 g/mol. The predicted molar refractivity (Wildman–Crippen MR) is 72.8 cm³/mol. The first-order valence-electron chi connectivity index (χ1n) is 6.93. The number of aliphatic hydroxyl groups is 1. The largest absolute Gasteiger partial charge is 0.573 e. The normalized spacial score (nSPS) is 17.2. The van der Waals surface area contributed by atoms with Crippen molar-refractivity contribution in [2.75, 3.05) is 13.1 Å². The monoisotopic (exact) mass is 375 g/mol. The van der Waals surface area contributed by atoms with Gasteiger partial charge in [-0.05, 0) is 43.6 Å². The number of rotatable bonds is 2. The second-order valence-electron chi connectivity index (χ2n) is 5.16. The van der Waals surface area contributed by atoms with Crippen LogP contribution < -0.4 is 10.1 Å². The molecule has 0 aliphatic carbocycles. The Morgan fingerprint density at radius 3 is 2.08 bits per heavy atom. The first-order valence-corrected chi connectivity index (χ1v) is 6.93. The molecule has 5 nitrogen and oxygen atoms in total. The van der Waals surface area contributed by atoms with Gasteiger partial charge >= 0.3 is 18.5 Å². The van der Waals surface area contributed by atoms with Gasteiger partial charge in [0.1, 0.15) is 5.75 Å². The Hall–Kier alpha value is -2.01. The fourth-order valence-corrected chi connectivity index (χ4v) is 2.11. The second kappa shape index (κ2) is 7.91. The molecule has 0 saturated carbocycles. The van der Waals surface area contributed by atoms with Gasteiger partial charge in [0.2, 0.25) is 0 Å². The molecule has 0 unspecified atom stereocenters. The van der Waals surface area contributed by atoms with Crippen LogP contribution in [0.4, 0.5) is 26.3 Å². The number of carboxylic acid groups (broad SMARTS) is 1. The first-order chi connectivity index (χ1) is 11.3. The van der Waals surface area contributed by atoms with E-state index in [-0.39, 0.29) is 5.75 Å². The Morgan fingerprint density at radius 2 is 1.64 bits per heavy atom. The first kappa shape index (κ1) is 21.0. The topological polar surface area (TPSA) is 78.8 Å². The SMILES string of the molecule is O=C(O)C(F)(F)F.OC1(c2cccc(OC(F)(F)F)c2)CCNCC1. The highest BCUT2D eigenvalue weighted by molar-refractivity contribution is 5.73. The van der Waals surface area contributed by atoms with Gasteiger partial charge in [-0.3, -0.25) is 0 Å². The summed E-state index contributed by atoms with van der Waals surface area (Å²) >= 11 is 0. The number of benzene rings is 1. The van der Waals surface area contributed by atoms with E-state index in [9.17, 15) is 31.4 Å². The standard InChI is InChI=1S/C12H14F3NO2.C2HF3O2/c13-12(14,15)18-10-3-1-2-9(8-10)11(17)4-6-16-7-5-11;3-2(4,5)1(6)7/h1-3,8,16-17H,4-7H2;(H,6,7). The van der Waals surface area contributed by atoms with Crippen LogP contribution in [0.2, 0.25) is 0 Å². The molecule has 0 bridgehead atoms. The number of hydrogen-bond acceptors (Lipinski definition) is 4. The summed E-state index contributed by atoms with van der Waals surface area (Å²) in [5, 5.41) is 20.6. The molecule has 0 aromatic heterocycles. The van der Waals surface area contributed by atoms with Gasteiger partial charge in [-0.1, -0.05) is 12.1 Å². The third kappa shape index (κ3) is 7.18. The highest BCUT2D eigenvalue weighted by Crippen LogP contribution is 2.33. The smallest absolute Gasteiger partial charge is 0.475 e. The molecule has 1 aromatic carbocycles. The van der Waals surface area contributed by atoms with Crippen LogP contribution in [0, 0.1) is 0 Å². The summed E-state index contributed by atoms with van der Waals surface area (Å²) in [6.45, 7) is 1.28. The third-order valence-corrected chi connectivity index (χ3v) is 3.28. The van der Waals surface area contributed by atoms with E-state index in [1.807, 2.05) is 0 Å². The molecular formula is C14H15F6NO4. The summed E-state index contributed by atoms with van der Waals surface area (Å²) < 4.78 is 71.9. The van der Waals surface area contributed by atoms with Gasteiger partial charge in [0, 0.05) is 0 Å². The van der Waals surface area contributed by atoms with Gasteiger partial charge in [0.15, 0.2) is 0 Å². The van der Waals surface area contributed by atoms with Crippen LogP contribution in [0.3, 0.4) is 0 Å². The van der Waals surface area contributed by atoms with Crippen molar-refractivity contribution in [1.29, 1.82) is 0 Å². The van der Waals surface area contributed by atoms with Crippen LogP contribution in [0.25, 0.3) is 0 Å². The van der Waals surface area contributed by atoms with Crippen molar-refractivity contribution in [3.8, 4) is 5.75 Å². The minimum Gasteiger partial charge on any atom is -0.475 e. The summed E-state index contributed by atoms with van der Waals surface area (Å²) in [5.41, 5.74) is -0.610. The van der Waals surface area contributed by atoms with Crippen molar-refractivity contribution >= 4 is 5.97 Å². The summed E-state index contributed by atoms with van der Waals surface area (Å²) in [5.74, 6) is -3.06. The van der Waals surface area contributed by atoms with E-state index in [1.165, 1.54) is 18.2 Å². The van der Waals surface area contributed by atoms with Gasteiger partial charge in [0.25, 0.3) is 0 Å². The lowest BCUT2D eigenvalue weighted by Gasteiger charge is -2.33. The van der Waals surface area contributed by atoms with Crippen LogP contribution in [0.15, 0.2) is 24.3 Å². The van der Waals surface area contributed by atoms with E-state index in [4.69, 9.17) is 9.90 Å². The number of carboxylic acids is 1. The number of alkyl halides is 6. The lowest BCUT2D eigenvalue weighted by molar-refractivity contribution is -0.274. The van der Waals surface area contributed by atoms with E-state index in [0.717, 1.165) is 0 Å². The zero-order valence-corrected chi connectivity index (χ0v) is 12.6. The molecule has 0 amide bonds. The number of nitrogens with one attached hydrogen (secondary N) is 1. The Labute approximate surface area is 138 Å². The van der Waals surface area contributed by atoms with Crippen LogP contribution in [-0.2, 0) is 10.4 Å². The number of ether oxygens (including phenoxy) is 1. The highest BCUT2D eigenvalue weighted by Gasteiger charge is 2.38. The summed E-state index contributed by atoms with van der Waals surface area (Å²) in [6, 6.07) is 5.55. The average Bonchev–Trinajstić information content (AvgIpc) is 2.46. The lowest BCUT2D eigenvalue weighted by atomic mass is 9.85. The fraction of sp³-hybridized carbons (Fsp3) is 0.500. The Bertz CT molecular complexity index is 581. The lowest BCUT2D eigenvalue weighted by Crippen LogP contribution is -2.39. The summed E-state index contributed by atoms with van der Waals surface area (Å²) in [4.78, 5) is 8.90. The molecular weight excluding hydrogens is 360 g/mol. The highest BCUT2D eigenvalue weighted by atomic mass is 19.4. The maximum absolute atomic E-state index is 12.1. The molecule has 0 radical (unpaired) electrons. The summed E-state index contributed by atoms with van der Waals surface area (Å²) in [6.07, 6.45) is -8.85. The van der Waals surface area contributed by atoms with Crippen molar-refractivity contribution < 1.29 is 46.1 Å². The number of piperidine rings is 1. The van der Waals surface area contributed by atoms with Gasteiger partial charge in [-0.15, -0.1) is 13.2 Å². The van der Waals surface area contributed by atoms with Crippen molar-refractivity contribution in [2.24, 2.45) is 0 Å². The minimum absolute atomic E-state index is 0.299. The zero-order chi connectivity index (χ0) is 19.3. The maximum atomic E-state index is 12.1. The molecule has 3 N–H and O–H groups in total. The number of carbonyl (C=O) groups is 1. The molecule has 0 spiro atoms. The fourth-order valence-electron chi connectivity index (χ4n) is 2.11. The van der Waals surface area contributed by atoms with Crippen LogP contribution in [0.5, 0.6) is 5.75 Å². The molecule has 1 aliphatic heterocycles. The Balaban J connectivity index is 0.000000381. The molecule has 1 heterocycles. The van der Waals surface area contributed by atoms with Crippen molar-refractivity contribution in [2.45, 2.75) is 31.0 Å². The molecule has 142 valence electrons. The maximum Gasteiger partial charge on any atom is 0.573 e. The van der Waals surface area contributed by atoms with Crippen LogP contribution >= 0.6 is 0 Å². The Morgan fingerprint density at radius 1 is 1.12 bits per heavy atom. The van der Waals surface area contributed by atoms with Crippen molar-refractivity contribution in [3.05, 3.63) is 29.8 Å². The number of aliphatic carboxylic acids is 1. The van der Waals surface area contributed by atoms with E-state index in [1.54, 1.807) is 6.07 Å². The number of hydrogen-bond donors (Lipinski definition) is 3. The molecule has 1 saturated heterocycles. The number of halogens is 6. The molecule has 11 heteroatoms. The molecule has 0 atom stereocenters. The molecule has 1 fully saturated rings. The van der Waals surface area contributed by atoms with Gasteiger partial charge in [-0.2, -0.15) is 13.2 Å². The van der Waals surface area contributed by atoms with E-state index in [0.29, 0.717) is 31.5 Å². The van der Waals surface area contributed by atoms with Crippen molar-refractivity contribution in [1.82, 2.24) is 5.32 Å². The zero-order valence-electron chi connectivity index (χ0n) is 12.6. The van der Waals surface area contributed by atoms with Crippen LogP contribution in [0.1, 0.15) is 18.4 Å². The van der Waals surface area contributed by atoms with Gasteiger partial charge < -0.3 is 20.3 Å². The van der Waals surface area contributed by atoms with E-state index < -0.39 is 24.1 Å². The van der Waals surface area contributed by atoms with Gasteiger partial charge in [0.05, 0.1) is 5.60 Å². The van der Waals surface area contributed by atoms with E-state index >= 15 is 0 Å². The van der Waals surface area contributed by atoms with E-state index in [2.05, 4.69) is 10.1 Å². The predicted octanol–water partition coefficient (Wildman–Crippen LogP) is 2.79. The van der Waals surface area contributed by atoms with Crippen molar-refractivity contribution in [3.63, 3.8) is 0 Å². The minimum atomic E-state index is -5.08. The molecule has 25 heavy (non-hydrogen) atoms. The molecule has 1 aliphatic rings. The molecule has 1 aromatic rings. The summed E-state index contributed by atoms with van der Waals surface area (Å²) in [7, 11) is 0. The Kier molecular flexibility index (Phi) is 6.66. The third-order valence-electron chi connectivity index (χ3n) is 3.28.